The van der Waals surface area contributed by atoms with Crippen LogP contribution in [0.1, 0.15) is 32.6 Å². The molecule has 0 unspecified atom stereocenters. The largest absolute Gasteiger partial charge is 0.295 e. The average molecular weight is 164 g/mol. The van der Waals surface area contributed by atoms with Crippen LogP contribution >= 0.6 is 0 Å². The van der Waals surface area contributed by atoms with E-state index in [4.69, 9.17) is 0 Å². The van der Waals surface area contributed by atoms with E-state index >= 15 is 0 Å². The van der Waals surface area contributed by atoms with Crippen LogP contribution in [0.4, 0.5) is 0 Å². The molecule has 2 nitrogen and oxygen atoms in total. The van der Waals surface area contributed by atoms with Gasteiger partial charge in [-0.15, -0.1) is 0 Å². The van der Waals surface area contributed by atoms with Gasteiger partial charge in [-0.1, -0.05) is 6.92 Å². The lowest BCUT2D eigenvalue weighted by molar-refractivity contribution is -0.118. The highest BCUT2D eigenvalue weighted by molar-refractivity contribution is 6.11. The number of carbonyl (C=O) groups is 2. The molecule has 0 saturated heterocycles. The Labute approximate surface area is 71.6 Å². The van der Waals surface area contributed by atoms with Crippen LogP contribution in [0.3, 0.4) is 0 Å². The summed E-state index contributed by atoms with van der Waals surface area (Å²) in [7, 11) is 0. The third kappa shape index (κ3) is 0.942. The van der Waals surface area contributed by atoms with Gasteiger partial charge in [0.15, 0.2) is 11.6 Å². The van der Waals surface area contributed by atoms with E-state index in [1.807, 2.05) is 6.92 Å². The maximum Gasteiger partial charge on any atom is 0.159 e. The van der Waals surface area contributed by atoms with Crippen LogP contribution < -0.4 is 0 Å². The molecule has 0 N–H and O–H groups in total. The van der Waals surface area contributed by atoms with E-state index in [1.54, 1.807) is 0 Å². The van der Waals surface area contributed by atoms with Gasteiger partial charge in [-0.05, 0) is 18.8 Å². The van der Waals surface area contributed by atoms with Gasteiger partial charge in [-0.3, -0.25) is 9.59 Å². The topological polar surface area (TPSA) is 34.1 Å². The molecule has 0 radical (unpaired) electrons. The van der Waals surface area contributed by atoms with Crippen LogP contribution in [0.25, 0.3) is 0 Å². The lowest BCUT2D eigenvalue weighted by Crippen LogP contribution is -2.17. The third-order valence-corrected chi connectivity index (χ3v) is 2.86. The SMILES string of the molecule is C[C@@H]1CCC(=O)C2=C1C(=O)CC2. The molecule has 0 bridgehead atoms. The zero-order chi connectivity index (χ0) is 8.72. The number of hydrogen-bond donors (Lipinski definition) is 0. The van der Waals surface area contributed by atoms with Crippen molar-refractivity contribution in [3.8, 4) is 0 Å². The fourth-order valence-corrected chi connectivity index (χ4v) is 2.18. The quantitative estimate of drug-likeness (QED) is 0.545. The molecule has 0 saturated carbocycles. The molecule has 2 heteroatoms. The van der Waals surface area contributed by atoms with Crippen molar-refractivity contribution in [2.45, 2.75) is 32.6 Å². The summed E-state index contributed by atoms with van der Waals surface area (Å²) in [6, 6.07) is 0. The van der Waals surface area contributed by atoms with Gasteiger partial charge in [-0.2, -0.15) is 0 Å². The van der Waals surface area contributed by atoms with Crippen LogP contribution in [-0.4, -0.2) is 11.6 Å². The minimum atomic E-state index is 0.213. The molecule has 2 aliphatic carbocycles. The van der Waals surface area contributed by atoms with E-state index in [1.165, 1.54) is 0 Å². The summed E-state index contributed by atoms with van der Waals surface area (Å²) in [4.78, 5) is 22.7. The smallest absolute Gasteiger partial charge is 0.159 e. The lowest BCUT2D eigenvalue weighted by atomic mass is 9.84. The summed E-state index contributed by atoms with van der Waals surface area (Å²) in [5.41, 5.74) is 1.70. The van der Waals surface area contributed by atoms with Crippen molar-refractivity contribution in [2.24, 2.45) is 5.92 Å². The second kappa shape index (κ2) is 2.54. The highest BCUT2D eigenvalue weighted by atomic mass is 16.1. The molecular weight excluding hydrogens is 152 g/mol. The molecular formula is C10H12O2. The average Bonchev–Trinajstić information content (AvgIpc) is 2.42. The maximum atomic E-state index is 11.4. The fourth-order valence-electron chi connectivity index (χ4n) is 2.18. The summed E-state index contributed by atoms with van der Waals surface area (Å²) in [5, 5.41) is 0. The van der Waals surface area contributed by atoms with E-state index in [2.05, 4.69) is 0 Å². The number of allylic oxidation sites excluding steroid dienone is 2. The highest BCUT2D eigenvalue weighted by Crippen LogP contribution is 2.36. The van der Waals surface area contributed by atoms with Crippen LogP contribution in [0, 0.1) is 5.92 Å². The Morgan fingerprint density at radius 3 is 2.50 bits per heavy atom. The van der Waals surface area contributed by atoms with Gasteiger partial charge < -0.3 is 0 Å². The first-order valence-electron chi connectivity index (χ1n) is 4.49. The number of hydrogen-bond acceptors (Lipinski definition) is 2. The molecule has 64 valence electrons. The van der Waals surface area contributed by atoms with E-state index in [-0.39, 0.29) is 11.6 Å². The van der Waals surface area contributed by atoms with Crippen molar-refractivity contribution in [3.05, 3.63) is 11.1 Å². The van der Waals surface area contributed by atoms with Gasteiger partial charge in [-0.25, -0.2) is 0 Å². The maximum absolute atomic E-state index is 11.4. The molecule has 1 atom stereocenters. The van der Waals surface area contributed by atoms with Crippen molar-refractivity contribution in [1.82, 2.24) is 0 Å². The molecule has 0 spiro atoms. The van der Waals surface area contributed by atoms with Crippen molar-refractivity contribution >= 4 is 11.6 Å². The Morgan fingerprint density at radius 1 is 1.08 bits per heavy atom. The molecule has 2 aliphatic rings. The lowest BCUT2D eigenvalue weighted by Gasteiger charge is -2.18. The Hall–Kier alpha value is -0.920. The van der Waals surface area contributed by atoms with Crippen molar-refractivity contribution < 1.29 is 9.59 Å². The number of ketones is 2. The van der Waals surface area contributed by atoms with Crippen molar-refractivity contribution in [2.75, 3.05) is 0 Å². The molecule has 0 fully saturated rings. The Kier molecular flexibility index (Phi) is 1.63. The third-order valence-electron chi connectivity index (χ3n) is 2.86. The fraction of sp³-hybridized carbons (Fsp3) is 0.600. The Bertz CT molecular complexity index is 286. The number of carbonyl (C=O) groups excluding carboxylic acids is 2. The summed E-state index contributed by atoms with van der Waals surface area (Å²) in [6.45, 7) is 2.05. The second-order valence-electron chi connectivity index (χ2n) is 3.68. The zero-order valence-electron chi connectivity index (χ0n) is 7.22. The first-order chi connectivity index (χ1) is 5.70. The van der Waals surface area contributed by atoms with E-state index in [9.17, 15) is 9.59 Å². The highest BCUT2D eigenvalue weighted by Gasteiger charge is 2.33. The number of Topliss-reactive ketones (excluding diaryl/α,β-unsaturated/α-hetero) is 2. The molecule has 0 amide bonds. The van der Waals surface area contributed by atoms with Crippen LogP contribution in [0.2, 0.25) is 0 Å². The minimum Gasteiger partial charge on any atom is -0.295 e. The van der Waals surface area contributed by atoms with Crippen LogP contribution in [-0.2, 0) is 9.59 Å². The van der Waals surface area contributed by atoms with E-state index in [0.717, 1.165) is 17.6 Å². The Morgan fingerprint density at radius 2 is 1.83 bits per heavy atom. The van der Waals surface area contributed by atoms with Gasteiger partial charge in [0.25, 0.3) is 0 Å². The first kappa shape index (κ1) is 7.71. The molecule has 0 aromatic carbocycles. The summed E-state index contributed by atoms with van der Waals surface area (Å²) < 4.78 is 0. The van der Waals surface area contributed by atoms with Gasteiger partial charge in [0.1, 0.15) is 0 Å². The van der Waals surface area contributed by atoms with Crippen LogP contribution in [0.5, 0.6) is 0 Å². The summed E-state index contributed by atoms with van der Waals surface area (Å²) in [6.07, 6.45) is 2.79. The molecule has 12 heavy (non-hydrogen) atoms. The molecule has 0 aliphatic heterocycles. The van der Waals surface area contributed by atoms with Gasteiger partial charge >= 0.3 is 0 Å². The predicted octanol–water partition coefficient (Wildman–Crippen LogP) is 1.64. The summed E-state index contributed by atoms with van der Waals surface area (Å²) >= 11 is 0. The van der Waals surface area contributed by atoms with Gasteiger partial charge in [0.2, 0.25) is 0 Å². The number of rotatable bonds is 0. The van der Waals surface area contributed by atoms with E-state index < -0.39 is 0 Å². The Balaban J connectivity index is 2.45. The molecule has 0 aromatic heterocycles. The van der Waals surface area contributed by atoms with Crippen molar-refractivity contribution in [3.63, 3.8) is 0 Å². The minimum absolute atomic E-state index is 0.213. The molecule has 0 aromatic rings. The standard InChI is InChI=1S/C10H12O2/c1-6-2-4-8(11)7-3-5-9(12)10(6)7/h6H,2-5H2,1H3/t6-/m1/s1. The first-order valence-corrected chi connectivity index (χ1v) is 4.49. The van der Waals surface area contributed by atoms with Gasteiger partial charge in [0, 0.05) is 24.0 Å². The monoisotopic (exact) mass is 164 g/mol. The normalized spacial score (nSPS) is 29.6. The van der Waals surface area contributed by atoms with E-state index in [0.29, 0.717) is 25.2 Å². The molecule has 0 heterocycles. The molecule has 2 rings (SSSR count). The summed E-state index contributed by atoms with van der Waals surface area (Å²) in [5.74, 6) is 0.757. The van der Waals surface area contributed by atoms with Gasteiger partial charge in [0.05, 0.1) is 0 Å². The van der Waals surface area contributed by atoms with Crippen molar-refractivity contribution in [1.29, 1.82) is 0 Å². The zero-order valence-corrected chi connectivity index (χ0v) is 7.22. The predicted molar refractivity (Wildman–Crippen MR) is 44.7 cm³/mol. The van der Waals surface area contributed by atoms with Crippen LogP contribution in [0.15, 0.2) is 11.1 Å². The second-order valence-corrected chi connectivity index (χ2v) is 3.68.